The zero-order valence-electron chi connectivity index (χ0n) is 11.3. The number of carboxylic acid groups (broad SMARTS) is 2. The second-order valence-electron chi connectivity index (χ2n) is 4.34. The Morgan fingerprint density at radius 2 is 2.14 bits per heavy atom. The SMILES string of the molecule is COc1cccc(-c2nccn2C(CC(=O)O)C(=O)O)c1. The van der Waals surface area contributed by atoms with Gasteiger partial charge in [0.15, 0.2) is 0 Å². The number of hydrogen-bond acceptors (Lipinski definition) is 4. The second kappa shape index (κ2) is 6.08. The highest BCUT2D eigenvalue weighted by Crippen LogP contribution is 2.26. The van der Waals surface area contributed by atoms with E-state index in [2.05, 4.69) is 4.98 Å². The predicted molar refractivity (Wildman–Crippen MR) is 73.1 cm³/mol. The van der Waals surface area contributed by atoms with Crippen LogP contribution >= 0.6 is 0 Å². The van der Waals surface area contributed by atoms with Crippen molar-refractivity contribution in [3.05, 3.63) is 36.7 Å². The number of ether oxygens (including phenoxy) is 1. The van der Waals surface area contributed by atoms with Gasteiger partial charge < -0.3 is 19.5 Å². The van der Waals surface area contributed by atoms with Crippen molar-refractivity contribution in [3.8, 4) is 17.1 Å². The maximum Gasteiger partial charge on any atom is 0.327 e. The molecule has 0 amide bonds. The number of carboxylic acids is 2. The van der Waals surface area contributed by atoms with Crippen LogP contribution in [0.2, 0.25) is 0 Å². The summed E-state index contributed by atoms with van der Waals surface area (Å²) >= 11 is 0. The molecule has 2 N–H and O–H groups in total. The Bertz CT molecular complexity index is 665. The van der Waals surface area contributed by atoms with Gasteiger partial charge in [0.05, 0.1) is 13.5 Å². The minimum Gasteiger partial charge on any atom is -0.497 e. The maximum absolute atomic E-state index is 11.3. The summed E-state index contributed by atoms with van der Waals surface area (Å²) in [5.41, 5.74) is 0.649. The Morgan fingerprint density at radius 3 is 2.76 bits per heavy atom. The molecule has 0 aliphatic heterocycles. The minimum absolute atomic E-state index is 0.377. The van der Waals surface area contributed by atoms with Crippen LogP contribution in [0.15, 0.2) is 36.7 Å². The van der Waals surface area contributed by atoms with E-state index in [9.17, 15) is 14.7 Å². The normalized spacial score (nSPS) is 11.9. The summed E-state index contributed by atoms with van der Waals surface area (Å²) in [4.78, 5) is 26.3. The van der Waals surface area contributed by atoms with E-state index in [1.807, 2.05) is 0 Å². The molecule has 0 saturated carbocycles. The van der Waals surface area contributed by atoms with E-state index in [0.29, 0.717) is 17.1 Å². The average Bonchev–Trinajstić information content (AvgIpc) is 2.93. The van der Waals surface area contributed by atoms with E-state index in [-0.39, 0.29) is 0 Å². The molecule has 0 aliphatic rings. The van der Waals surface area contributed by atoms with Crippen LogP contribution in [0.3, 0.4) is 0 Å². The van der Waals surface area contributed by atoms with E-state index in [1.165, 1.54) is 24.1 Å². The first-order valence-corrected chi connectivity index (χ1v) is 6.14. The van der Waals surface area contributed by atoms with Crippen LogP contribution in [0.4, 0.5) is 0 Å². The zero-order valence-corrected chi connectivity index (χ0v) is 11.3. The van der Waals surface area contributed by atoms with Crippen molar-refractivity contribution < 1.29 is 24.5 Å². The Labute approximate surface area is 120 Å². The van der Waals surface area contributed by atoms with Crippen LogP contribution in [0.25, 0.3) is 11.4 Å². The molecule has 1 heterocycles. The Kier molecular flexibility index (Phi) is 4.22. The van der Waals surface area contributed by atoms with Gasteiger partial charge in [0, 0.05) is 18.0 Å². The highest BCUT2D eigenvalue weighted by atomic mass is 16.5. The van der Waals surface area contributed by atoms with Crippen molar-refractivity contribution in [2.45, 2.75) is 12.5 Å². The first kappa shape index (κ1) is 14.6. The minimum atomic E-state index is -1.22. The topological polar surface area (TPSA) is 102 Å². The van der Waals surface area contributed by atoms with E-state index in [0.717, 1.165) is 0 Å². The third-order valence-electron chi connectivity index (χ3n) is 2.99. The third kappa shape index (κ3) is 3.19. The molecule has 0 bridgehead atoms. The summed E-state index contributed by atoms with van der Waals surface area (Å²) in [7, 11) is 1.52. The molecular weight excluding hydrogens is 276 g/mol. The predicted octanol–water partition coefficient (Wildman–Crippen LogP) is 1.66. The number of hydrogen-bond donors (Lipinski definition) is 2. The molecule has 1 aromatic carbocycles. The lowest BCUT2D eigenvalue weighted by Gasteiger charge is -2.15. The number of carbonyl (C=O) groups is 2. The molecule has 0 aliphatic carbocycles. The lowest BCUT2D eigenvalue weighted by molar-refractivity contribution is -0.147. The van der Waals surface area contributed by atoms with E-state index in [4.69, 9.17) is 9.84 Å². The summed E-state index contributed by atoms with van der Waals surface area (Å²) in [6, 6.07) is 5.74. The van der Waals surface area contributed by atoms with E-state index in [1.54, 1.807) is 24.3 Å². The third-order valence-corrected chi connectivity index (χ3v) is 2.99. The quantitative estimate of drug-likeness (QED) is 0.839. The molecule has 2 aromatic rings. The van der Waals surface area contributed by atoms with Gasteiger partial charge in [-0.2, -0.15) is 0 Å². The number of aromatic nitrogens is 2. The molecule has 0 saturated heterocycles. The lowest BCUT2D eigenvalue weighted by Crippen LogP contribution is -2.22. The van der Waals surface area contributed by atoms with Gasteiger partial charge in [0.1, 0.15) is 17.6 Å². The summed E-state index contributed by atoms with van der Waals surface area (Å²) in [6.45, 7) is 0. The molecule has 0 fully saturated rings. The van der Waals surface area contributed by atoms with Gasteiger partial charge in [-0.1, -0.05) is 12.1 Å². The van der Waals surface area contributed by atoms with Crippen molar-refractivity contribution >= 4 is 11.9 Å². The largest absolute Gasteiger partial charge is 0.497 e. The summed E-state index contributed by atoms with van der Waals surface area (Å²) < 4.78 is 6.46. The molecule has 7 heteroatoms. The first-order chi connectivity index (χ1) is 10.0. The fourth-order valence-corrected chi connectivity index (χ4v) is 2.02. The van der Waals surface area contributed by atoms with Gasteiger partial charge in [0.2, 0.25) is 0 Å². The molecule has 21 heavy (non-hydrogen) atoms. The smallest absolute Gasteiger partial charge is 0.327 e. The summed E-state index contributed by atoms with van der Waals surface area (Å²) in [6.07, 6.45) is 2.37. The van der Waals surface area contributed by atoms with Crippen molar-refractivity contribution in [1.29, 1.82) is 0 Å². The van der Waals surface area contributed by atoms with Crippen molar-refractivity contribution in [1.82, 2.24) is 9.55 Å². The molecule has 110 valence electrons. The average molecular weight is 290 g/mol. The van der Waals surface area contributed by atoms with Gasteiger partial charge >= 0.3 is 11.9 Å². The van der Waals surface area contributed by atoms with Gasteiger partial charge in [-0.05, 0) is 12.1 Å². The fraction of sp³-hybridized carbons (Fsp3) is 0.214. The lowest BCUT2D eigenvalue weighted by atomic mass is 10.1. The monoisotopic (exact) mass is 290 g/mol. The van der Waals surface area contributed by atoms with Crippen LogP contribution in [0.5, 0.6) is 5.75 Å². The Hall–Kier alpha value is -2.83. The van der Waals surface area contributed by atoms with Crippen molar-refractivity contribution in [3.63, 3.8) is 0 Å². The van der Waals surface area contributed by atoms with Crippen LogP contribution < -0.4 is 4.74 Å². The highest BCUT2D eigenvalue weighted by molar-refractivity contribution is 5.80. The fourth-order valence-electron chi connectivity index (χ4n) is 2.02. The van der Waals surface area contributed by atoms with Gasteiger partial charge in [-0.15, -0.1) is 0 Å². The van der Waals surface area contributed by atoms with Gasteiger partial charge in [-0.3, -0.25) is 4.79 Å². The zero-order chi connectivity index (χ0) is 15.4. The van der Waals surface area contributed by atoms with Crippen LogP contribution in [-0.2, 0) is 9.59 Å². The highest BCUT2D eigenvalue weighted by Gasteiger charge is 2.25. The summed E-state index contributed by atoms with van der Waals surface area (Å²) in [5, 5.41) is 18.1. The first-order valence-electron chi connectivity index (χ1n) is 6.14. The van der Waals surface area contributed by atoms with E-state index >= 15 is 0 Å². The Balaban J connectivity index is 2.45. The number of imidazole rings is 1. The number of benzene rings is 1. The van der Waals surface area contributed by atoms with E-state index < -0.39 is 24.4 Å². The molecule has 0 spiro atoms. The molecule has 1 unspecified atom stereocenters. The number of methoxy groups -OCH3 is 1. The molecule has 1 aromatic heterocycles. The Morgan fingerprint density at radius 1 is 1.38 bits per heavy atom. The number of rotatable bonds is 6. The van der Waals surface area contributed by atoms with Crippen LogP contribution in [-0.4, -0.2) is 38.8 Å². The van der Waals surface area contributed by atoms with Crippen molar-refractivity contribution in [2.75, 3.05) is 7.11 Å². The molecule has 7 nitrogen and oxygen atoms in total. The number of nitrogens with zero attached hydrogens (tertiary/aromatic N) is 2. The standard InChI is InChI=1S/C14H14N2O5/c1-21-10-4-2-3-9(7-10)13-15-5-6-16(13)11(14(19)20)8-12(17)18/h2-7,11H,8H2,1H3,(H,17,18)(H,19,20). The second-order valence-corrected chi connectivity index (χ2v) is 4.34. The maximum atomic E-state index is 11.3. The van der Waals surface area contributed by atoms with Gasteiger partial charge in [0.25, 0.3) is 0 Å². The van der Waals surface area contributed by atoms with Crippen LogP contribution in [0, 0.1) is 0 Å². The van der Waals surface area contributed by atoms with Crippen LogP contribution in [0.1, 0.15) is 12.5 Å². The molecule has 2 rings (SSSR count). The van der Waals surface area contributed by atoms with Gasteiger partial charge in [-0.25, -0.2) is 9.78 Å². The molecule has 0 radical (unpaired) electrons. The molecule has 1 atom stereocenters. The van der Waals surface area contributed by atoms with Crippen molar-refractivity contribution in [2.24, 2.45) is 0 Å². The summed E-state index contributed by atoms with van der Waals surface area (Å²) in [5.74, 6) is -1.43. The molecular formula is C14H14N2O5. The number of aliphatic carboxylic acids is 2.